The molecule has 0 aliphatic rings. The van der Waals surface area contributed by atoms with Crippen LogP contribution in [0.1, 0.15) is 17.3 Å². The van der Waals surface area contributed by atoms with Crippen molar-refractivity contribution in [3.8, 4) is 0 Å². The zero-order valence-corrected chi connectivity index (χ0v) is 9.10. The van der Waals surface area contributed by atoms with E-state index in [4.69, 9.17) is 5.73 Å². The van der Waals surface area contributed by atoms with E-state index in [9.17, 15) is 4.39 Å². The standard InChI is InChI=1S/C12H14FN3/c1-16-7-6-9(15-16)8-12(14)10-4-2-3-5-11(10)13/h2-7,12H,8,14H2,1H3. The summed E-state index contributed by atoms with van der Waals surface area (Å²) in [6, 6.07) is 8.12. The van der Waals surface area contributed by atoms with Gasteiger partial charge in [0.15, 0.2) is 0 Å². The summed E-state index contributed by atoms with van der Waals surface area (Å²) in [5.41, 5.74) is 7.36. The van der Waals surface area contributed by atoms with Crippen molar-refractivity contribution in [2.45, 2.75) is 12.5 Å². The van der Waals surface area contributed by atoms with Crippen LogP contribution in [0.3, 0.4) is 0 Å². The molecule has 1 atom stereocenters. The highest BCUT2D eigenvalue weighted by Gasteiger charge is 2.12. The van der Waals surface area contributed by atoms with Crippen LogP contribution in [0.2, 0.25) is 0 Å². The van der Waals surface area contributed by atoms with Crippen molar-refractivity contribution in [1.82, 2.24) is 9.78 Å². The fourth-order valence-electron chi connectivity index (χ4n) is 1.68. The molecule has 1 aromatic carbocycles. The number of halogens is 1. The molecular weight excluding hydrogens is 205 g/mol. The van der Waals surface area contributed by atoms with Crippen molar-refractivity contribution < 1.29 is 4.39 Å². The molecule has 16 heavy (non-hydrogen) atoms. The van der Waals surface area contributed by atoms with Gasteiger partial charge in [-0.3, -0.25) is 4.68 Å². The highest BCUT2D eigenvalue weighted by molar-refractivity contribution is 5.22. The first-order valence-corrected chi connectivity index (χ1v) is 5.15. The number of rotatable bonds is 3. The van der Waals surface area contributed by atoms with E-state index in [2.05, 4.69) is 5.10 Å². The molecule has 1 heterocycles. The maximum atomic E-state index is 13.4. The van der Waals surface area contributed by atoms with Crippen LogP contribution in [-0.2, 0) is 13.5 Å². The summed E-state index contributed by atoms with van der Waals surface area (Å²) in [5.74, 6) is -0.258. The Labute approximate surface area is 93.7 Å². The maximum absolute atomic E-state index is 13.4. The molecule has 0 amide bonds. The van der Waals surface area contributed by atoms with E-state index < -0.39 is 0 Å². The molecule has 1 aromatic heterocycles. The lowest BCUT2D eigenvalue weighted by Crippen LogP contribution is -2.15. The van der Waals surface area contributed by atoms with Gasteiger partial charge < -0.3 is 5.73 Å². The number of aryl methyl sites for hydroxylation is 1. The molecule has 0 aliphatic heterocycles. The predicted octanol–water partition coefficient (Wildman–Crippen LogP) is 1.80. The van der Waals surface area contributed by atoms with Crippen LogP contribution in [-0.4, -0.2) is 9.78 Å². The number of benzene rings is 1. The number of nitrogens with two attached hydrogens (primary N) is 1. The van der Waals surface area contributed by atoms with Crippen LogP contribution >= 0.6 is 0 Å². The Morgan fingerprint density at radius 2 is 2.12 bits per heavy atom. The number of hydrogen-bond donors (Lipinski definition) is 1. The van der Waals surface area contributed by atoms with Gasteiger partial charge in [-0.05, 0) is 12.1 Å². The van der Waals surface area contributed by atoms with Crippen molar-refractivity contribution in [2.75, 3.05) is 0 Å². The molecule has 0 radical (unpaired) electrons. The third kappa shape index (κ3) is 2.28. The molecule has 2 rings (SSSR count). The molecule has 0 fully saturated rings. The van der Waals surface area contributed by atoms with Crippen LogP contribution in [0.4, 0.5) is 4.39 Å². The van der Waals surface area contributed by atoms with Gasteiger partial charge in [-0.25, -0.2) is 4.39 Å². The van der Waals surface area contributed by atoms with Gasteiger partial charge in [0, 0.05) is 31.3 Å². The highest BCUT2D eigenvalue weighted by Crippen LogP contribution is 2.17. The van der Waals surface area contributed by atoms with Crippen molar-refractivity contribution in [1.29, 1.82) is 0 Å². The molecule has 0 spiro atoms. The van der Waals surface area contributed by atoms with E-state index in [1.54, 1.807) is 22.9 Å². The average Bonchev–Trinajstić information content (AvgIpc) is 2.64. The zero-order valence-electron chi connectivity index (χ0n) is 9.10. The Balaban J connectivity index is 2.14. The fourth-order valence-corrected chi connectivity index (χ4v) is 1.68. The minimum absolute atomic E-state index is 0.258. The summed E-state index contributed by atoms with van der Waals surface area (Å²) in [5, 5.41) is 4.22. The Morgan fingerprint density at radius 1 is 1.38 bits per heavy atom. The normalized spacial score (nSPS) is 12.7. The number of aromatic nitrogens is 2. The molecule has 2 aromatic rings. The number of nitrogens with zero attached hydrogens (tertiary/aromatic N) is 2. The van der Waals surface area contributed by atoms with E-state index in [0.717, 1.165) is 5.69 Å². The van der Waals surface area contributed by atoms with Gasteiger partial charge in [-0.1, -0.05) is 18.2 Å². The topological polar surface area (TPSA) is 43.8 Å². The summed E-state index contributed by atoms with van der Waals surface area (Å²) in [6.45, 7) is 0. The Hall–Kier alpha value is -1.68. The molecule has 2 N–H and O–H groups in total. The largest absolute Gasteiger partial charge is 0.324 e. The van der Waals surface area contributed by atoms with Crippen LogP contribution in [0.15, 0.2) is 36.5 Å². The van der Waals surface area contributed by atoms with Crippen molar-refractivity contribution in [3.63, 3.8) is 0 Å². The zero-order chi connectivity index (χ0) is 11.5. The Bertz CT molecular complexity index is 479. The average molecular weight is 219 g/mol. The molecule has 3 nitrogen and oxygen atoms in total. The second-order valence-electron chi connectivity index (χ2n) is 3.81. The van der Waals surface area contributed by atoms with E-state index in [0.29, 0.717) is 12.0 Å². The third-order valence-electron chi connectivity index (χ3n) is 2.50. The molecule has 1 unspecified atom stereocenters. The van der Waals surface area contributed by atoms with Gasteiger partial charge in [-0.15, -0.1) is 0 Å². The Kier molecular flexibility index (Phi) is 3.01. The summed E-state index contributed by atoms with van der Waals surface area (Å²) in [7, 11) is 1.85. The minimum Gasteiger partial charge on any atom is -0.324 e. The second-order valence-corrected chi connectivity index (χ2v) is 3.81. The van der Waals surface area contributed by atoms with Gasteiger partial charge in [-0.2, -0.15) is 5.10 Å². The smallest absolute Gasteiger partial charge is 0.127 e. The summed E-state index contributed by atoms with van der Waals surface area (Å²) >= 11 is 0. The molecular formula is C12H14FN3. The van der Waals surface area contributed by atoms with Crippen LogP contribution in [0.25, 0.3) is 0 Å². The summed E-state index contributed by atoms with van der Waals surface area (Å²) in [6.07, 6.45) is 2.39. The van der Waals surface area contributed by atoms with Crippen LogP contribution in [0.5, 0.6) is 0 Å². The van der Waals surface area contributed by atoms with Gasteiger partial charge in [0.25, 0.3) is 0 Å². The lowest BCUT2D eigenvalue weighted by molar-refractivity contribution is 0.576. The summed E-state index contributed by atoms with van der Waals surface area (Å²) in [4.78, 5) is 0. The molecule has 84 valence electrons. The van der Waals surface area contributed by atoms with E-state index in [-0.39, 0.29) is 11.9 Å². The Morgan fingerprint density at radius 3 is 2.75 bits per heavy atom. The third-order valence-corrected chi connectivity index (χ3v) is 2.50. The SMILES string of the molecule is Cn1ccc(CC(N)c2ccccc2F)n1. The lowest BCUT2D eigenvalue weighted by Gasteiger charge is -2.11. The minimum atomic E-state index is -0.351. The number of hydrogen-bond acceptors (Lipinski definition) is 2. The van der Waals surface area contributed by atoms with E-state index in [1.807, 2.05) is 19.3 Å². The first-order chi connectivity index (χ1) is 7.66. The van der Waals surface area contributed by atoms with Crippen molar-refractivity contribution >= 4 is 0 Å². The van der Waals surface area contributed by atoms with E-state index in [1.165, 1.54) is 6.07 Å². The summed E-state index contributed by atoms with van der Waals surface area (Å²) < 4.78 is 15.2. The van der Waals surface area contributed by atoms with Gasteiger partial charge >= 0.3 is 0 Å². The molecule has 0 saturated carbocycles. The molecule has 4 heteroatoms. The van der Waals surface area contributed by atoms with Crippen molar-refractivity contribution in [2.24, 2.45) is 12.8 Å². The first kappa shape index (κ1) is 10.8. The van der Waals surface area contributed by atoms with Gasteiger partial charge in [0.1, 0.15) is 5.82 Å². The van der Waals surface area contributed by atoms with Crippen LogP contribution < -0.4 is 5.73 Å². The van der Waals surface area contributed by atoms with Crippen LogP contribution in [0, 0.1) is 5.82 Å². The molecule has 0 saturated heterocycles. The van der Waals surface area contributed by atoms with E-state index >= 15 is 0 Å². The monoisotopic (exact) mass is 219 g/mol. The predicted molar refractivity (Wildman–Crippen MR) is 60.2 cm³/mol. The van der Waals surface area contributed by atoms with Gasteiger partial charge in [0.05, 0.1) is 5.69 Å². The molecule has 0 bridgehead atoms. The van der Waals surface area contributed by atoms with Crippen molar-refractivity contribution in [3.05, 3.63) is 53.6 Å². The molecule has 0 aliphatic carbocycles. The maximum Gasteiger partial charge on any atom is 0.127 e. The second kappa shape index (κ2) is 4.45. The lowest BCUT2D eigenvalue weighted by atomic mass is 10.0. The van der Waals surface area contributed by atoms with Gasteiger partial charge in [0.2, 0.25) is 0 Å². The quantitative estimate of drug-likeness (QED) is 0.855. The highest BCUT2D eigenvalue weighted by atomic mass is 19.1. The fraction of sp³-hybridized carbons (Fsp3) is 0.250. The first-order valence-electron chi connectivity index (χ1n) is 5.15.